The summed E-state index contributed by atoms with van der Waals surface area (Å²) in [5.74, 6) is -0.818. The van der Waals surface area contributed by atoms with Gasteiger partial charge in [0.15, 0.2) is 0 Å². The lowest BCUT2D eigenvalue weighted by Gasteiger charge is -2.17. The van der Waals surface area contributed by atoms with Crippen LogP contribution >= 0.6 is 0 Å². The molecular weight excluding hydrogens is 276 g/mol. The van der Waals surface area contributed by atoms with E-state index in [1.54, 1.807) is 19.2 Å². The first kappa shape index (κ1) is 14.4. The predicted octanol–water partition coefficient (Wildman–Crippen LogP) is 2.35. The molecule has 0 aliphatic rings. The molecule has 110 valence electrons. The Hall–Kier alpha value is -2.96. The number of hydrogen-bond acceptors (Lipinski definition) is 4. The number of carboxylic acid groups (broad SMARTS) is 1. The predicted molar refractivity (Wildman–Crippen MR) is 74.3 cm³/mol. The number of carbonyl (C=O) groups excluding carboxylic acids is 1. The Bertz CT molecular complexity index is 651. The monoisotopic (exact) mass is 290 g/mol. The van der Waals surface area contributed by atoms with Gasteiger partial charge in [-0.25, -0.2) is 9.59 Å². The largest absolute Gasteiger partial charge is 0.508 e. The molecule has 2 amide bonds. The van der Waals surface area contributed by atoms with E-state index in [4.69, 9.17) is 9.52 Å². The van der Waals surface area contributed by atoms with Crippen molar-refractivity contribution in [3.63, 3.8) is 0 Å². The van der Waals surface area contributed by atoms with Gasteiger partial charge in [0.2, 0.25) is 0 Å². The van der Waals surface area contributed by atoms with Crippen molar-refractivity contribution in [3.05, 3.63) is 47.9 Å². The van der Waals surface area contributed by atoms with E-state index in [2.05, 4.69) is 5.32 Å². The van der Waals surface area contributed by atoms with Crippen molar-refractivity contribution in [3.8, 4) is 5.75 Å². The highest BCUT2D eigenvalue weighted by Gasteiger charge is 2.16. The molecule has 0 atom stereocenters. The third kappa shape index (κ3) is 3.53. The molecule has 3 N–H and O–H groups in total. The summed E-state index contributed by atoms with van der Waals surface area (Å²) in [5.41, 5.74) is -0.0775. The molecule has 0 unspecified atom stereocenters. The maximum absolute atomic E-state index is 12.0. The first-order chi connectivity index (χ1) is 9.97. The normalized spacial score (nSPS) is 10.1. The van der Waals surface area contributed by atoms with Gasteiger partial charge in [0.25, 0.3) is 0 Å². The fourth-order valence-corrected chi connectivity index (χ4v) is 1.74. The highest BCUT2D eigenvalue weighted by atomic mass is 16.4. The van der Waals surface area contributed by atoms with Crippen LogP contribution in [-0.2, 0) is 6.54 Å². The molecule has 0 fully saturated rings. The first-order valence-electron chi connectivity index (χ1n) is 6.08. The van der Waals surface area contributed by atoms with Crippen molar-refractivity contribution in [2.24, 2.45) is 0 Å². The third-order valence-corrected chi connectivity index (χ3v) is 2.79. The van der Waals surface area contributed by atoms with Crippen molar-refractivity contribution < 1.29 is 24.2 Å². The summed E-state index contributed by atoms with van der Waals surface area (Å²) in [6, 6.07) is 6.66. The zero-order valence-electron chi connectivity index (χ0n) is 11.2. The number of hydrogen-bond donors (Lipinski definition) is 3. The molecule has 2 rings (SSSR count). The van der Waals surface area contributed by atoms with E-state index in [-0.39, 0.29) is 23.5 Å². The minimum atomic E-state index is -1.24. The van der Waals surface area contributed by atoms with E-state index in [1.165, 1.54) is 23.3 Å². The van der Waals surface area contributed by atoms with Crippen LogP contribution in [0.25, 0.3) is 0 Å². The van der Waals surface area contributed by atoms with Crippen molar-refractivity contribution >= 4 is 17.7 Å². The number of nitrogens with one attached hydrogen (secondary N) is 1. The molecule has 7 nitrogen and oxygen atoms in total. The molecule has 0 aliphatic carbocycles. The number of furan rings is 1. The Morgan fingerprint density at radius 3 is 2.71 bits per heavy atom. The average molecular weight is 290 g/mol. The van der Waals surface area contributed by atoms with Gasteiger partial charge in [0.05, 0.1) is 24.1 Å². The second-order valence-corrected chi connectivity index (χ2v) is 4.40. The van der Waals surface area contributed by atoms with Gasteiger partial charge in [0, 0.05) is 7.05 Å². The minimum Gasteiger partial charge on any atom is -0.508 e. The number of rotatable bonds is 4. The van der Waals surface area contributed by atoms with Gasteiger partial charge in [-0.3, -0.25) is 0 Å². The molecule has 0 radical (unpaired) electrons. The number of urea groups is 1. The zero-order valence-corrected chi connectivity index (χ0v) is 11.2. The van der Waals surface area contributed by atoms with Gasteiger partial charge in [0.1, 0.15) is 11.5 Å². The zero-order chi connectivity index (χ0) is 15.4. The molecule has 2 aromatic rings. The number of aromatic hydroxyl groups is 1. The minimum absolute atomic E-state index is 0.108. The summed E-state index contributed by atoms with van der Waals surface area (Å²) in [6.45, 7) is 0.249. The molecule has 0 saturated heterocycles. The molecule has 0 aliphatic heterocycles. The van der Waals surface area contributed by atoms with Gasteiger partial charge in [-0.15, -0.1) is 0 Å². The number of anilines is 1. The summed E-state index contributed by atoms with van der Waals surface area (Å²) in [6.07, 6.45) is 1.50. The number of phenolic OH excluding ortho intramolecular Hbond substituents is 1. The van der Waals surface area contributed by atoms with E-state index < -0.39 is 12.0 Å². The summed E-state index contributed by atoms with van der Waals surface area (Å²) in [4.78, 5) is 24.5. The molecule has 0 spiro atoms. The summed E-state index contributed by atoms with van der Waals surface area (Å²) in [7, 11) is 1.55. The average Bonchev–Trinajstić information content (AvgIpc) is 2.93. The van der Waals surface area contributed by atoms with Crippen LogP contribution in [0.4, 0.5) is 10.5 Å². The highest BCUT2D eigenvalue weighted by Crippen LogP contribution is 2.21. The number of phenols is 1. The van der Waals surface area contributed by atoms with Crippen LogP contribution in [0, 0.1) is 0 Å². The second kappa shape index (κ2) is 6.00. The number of amides is 2. The quantitative estimate of drug-likeness (QED) is 0.750. The summed E-state index contributed by atoms with van der Waals surface area (Å²) < 4.78 is 5.13. The Morgan fingerprint density at radius 1 is 1.33 bits per heavy atom. The van der Waals surface area contributed by atoms with E-state index in [0.29, 0.717) is 5.76 Å². The van der Waals surface area contributed by atoms with Gasteiger partial charge in [-0.2, -0.15) is 0 Å². The van der Waals surface area contributed by atoms with E-state index in [9.17, 15) is 14.7 Å². The molecular formula is C14H14N2O5. The Labute approximate surface area is 120 Å². The van der Waals surface area contributed by atoms with Crippen molar-refractivity contribution in [2.75, 3.05) is 12.4 Å². The van der Waals surface area contributed by atoms with E-state index >= 15 is 0 Å². The van der Waals surface area contributed by atoms with Crippen LogP contribution in [0.3, 0.4) is 0 Å². The standard InChI is InChI=1S/C14H14N2O5/c1-16(8-10-3-2-6-21-10)14(20)15-12-5-4-9(17)7-11(12)13(18)19/h2-7,17H,8H2,1H3,(H,15,20)(H,18,19). The van der Waals surface area contributed by atoms with Crippen LogP contribution < -0.4 is 5.32 Å². The Morgan fingerprint density at radius 2 is 2.10 bits per heavy atom. The smallest absolute Gasteiger partial charge is 0.337 e. The van der Waals surface area contributed by atoms with Crippen LogP contribution in [0.2, 0.25) is 0 Å². The van der Waals surface area contributed by atoms with Gasteiger partial charge in [-0.1, -0.05) is 0 Å². The number of benzene rings is 1. The Kier molecular flexibility index (Phi) is 4.13. The fraction of sp³-hybridized carbons (Fsp3) is 0.143. The van der Waals surface area contributed by atoms with Crippen LogP contribution in [0.1, 0.15) is 16.1 Å². The maximum Gasteiger partial charge on any atom is 0.337 e. The molecule has 21 heavy (non-hydrogen) atoms. The van der Waals surface area contributed by atoms with Crippen molar-refractivity contribution in [1.82, 2.24) is 4.90 Å². The number of carboxylic acids is 1. The third-order valence-electron chi connectivity index (χ3n) is 2.79. The van der Waals surface area contributed by atoms with Crippen LogP contribution in [0.15, 0.2) is 41.0 Å². The van der Waals surface area contributed by atoms with Gasteiger partial charge >= 0.3 is 12.0 Å². The molecule has 0 bridgehead atoms. The van der Waals surface area contributed by atoms with Gasteiger partial charge in [-0.05, 0) is 30.3 Å². The second-order valence-electron chi connectivity index (χ2n) is 4.40. The molecule has 7 heteroatoms. The van der Waals surface area contributed by atoms with E-state index in [1.807, 2.05) is 0 Å². The lowest BCUT2D eigenvalue weighted by atomic mass is 10.1. The number of aromatic carboxylic acids is 1. The molecule has 1 heterocycles. The SMILES string of the molecule is CN(Cc1ccco1)C(=O)Nc1ccc(O)cc1C(=O)O. The first-order valence-corrected chi connectivity index (χ1v) is 6.08. The summed E-state index contributed by atoms with van der Waals surface area (Å²) in [5, 5.41) is 20.8. The molecule has 0 saturated carbocycles. The number of carbonyl (C=O) groups is 2. The van der Waals surface area contributed by atoms with Crippen molar-refractivity contribution in [1.29, 1.82) is 0 Å². The number of nitrogens with zero attached hydrogens (tertiary/aromatic N) is 1. The molecule has 1 aromatic carbocycles. The Balaban J connectivity index is 2.10. The topological polar surface area (TPSA) is 103 Å². The van der Waals surface area contributed by atoms with Crippen LogP contribution in [0.5, 0.6) is 5.75 Å². The maximum atomic E-state index is 12.0. The summed E-state index contributed by atoms with van der Waals surface area (Å²) >= 11 is 0. The lowest BCUT2D eigenvalue weighted by Crippen LogP contribution is -2.31. The lowest BCUT2D eigenvalue weighted by molar-refractivity contribution is 0.0697. The van der Waals surface area contributed by atoms with Crippen molar-refractivity contribution in [2.45, 2.75) is 6.54 Å². The molecule has 1 aromatic heterocycles. The fourth-order valence-electron chi connectivity index (χ4n) is 1.74. The van der Waals surface area contributed by atoms with Gasteiger partial charge < -0.3 is 24.8 Å². The highest BCUT2D eigenvalue weighted by molar-refractivity contribution is 6.00. The van der Waals surface area contributed by atoms with E-state index in [0.717, 1.165) is 6.07 Å². The van der Waals surface area contributed by atoms with Crippen LogP contribution in [-0.4, -0.2) is 34.2 Å².